The van der Waals surface area contributed by atoms with Crippen molar-refractivity contribution in [2.45, 2.75) is 399 Å². The van der Waals surface area contributed by atoms with E-state index in [1.807, 2.05) is 96.9 Å². The Labute approximate surface area is 648 Å². The van der Waals surface area contributed by atoms with Crippen molar-refractivity contribution in [2.75, 3.05) is 33.2 Å². The van der Waals surface area contributed by atoms with E-state index >= 15 is 0 Å². The number of fused-ring (bicyclic) bond motifs is 11. The van der Waals surface area contributed by atoms with E-state index in [-0.39, 0.29) is 120 Å². The molecular weight excluding hydrogens is 1360 g/mol. The van der Waals surface area contributed by atoms with Gasteiger partial charge >= 0.3 is 47.8 Å². The number of hydrogen-bond donors (Lipinski definition) is 0. The van der Waals surface area contributed by atoms with Crippen molar-refractivity contribution in [1.29, 1.82) is 0 Å². The van der Waals surface area contributed by atoms with E-state index < -0.39 is 0 Å². The van der Waals surface area contributed by atoms with E-state index in [9.17, 15) is 38.4 Å². The Morgan fingerprint density at radius 2 is 0.953 bits per heavy atom. The van der Waals surface area contributed by atoms with Crippen LogP contribution in [-0.2, 0) is 95.2 Å². The first-order valence-electron chi connectivity index (χ1n) is 44.0. The predicted molar refractivity (Wildman–Crippen MR) is 416 cm³/mol. The van der Waals surface area contributed by atoms with Crippen LogP contribution in [0.25, 0.3) is 0 Å². The first-order chi connectivity index (χ1) is 52.0. The largest absolute Gasteiger partial charge is 0.465 e. The second kappa shape index (κ2) is 52.0. The third kappa shape index (κ3) is 27.2. The standard InChI is InChI=1S/2C10H14O2.C9H14O2.C8H10O2.C7H8O5.2C7H10O2.C6H8O3.3C3H8.7C2H6/c11-10-8-2-6-1-7(3-8)5-9(4-6)12-10;11-9-10(3-4-12-9)6-7-1-2-8(10)5-7;10-8-9(6-7-11-8)4-2-1-3-5-9;9-8-6-2-5-1-4(6)3-7(5)10-8;8-4-1-3-5(12-4)6-7(11-3)10-2-9-6;8-7-6-3-1-2-5(6)4-9-7;8-7-4-5-2-1-3-6(5)9-7;7-6-3-5-4(9-6)1-2-8-5;3*1-3-2;7*1-2/h6-9H,1-5H2;7-8H,1-6H2;1-7H2;4-7H,1-3H2;3,5-7H,1-2H2;2*5-6H,1-4H2;4-5H,1-3H2;3*3H2,1-2H3;7*1-2H3. The maximum Gasteiger partial charge on any atom is 0.312 e. The molecule has 0 amide bonds. The van der Waals surface area contributed by atoms with Crippen molar-refractivity contribution >= 4 is 47.8 Å². The Morgan fingerprint density at radius 1 is 0.364 bits per heavy atom. The van der Waals surface area contributed by atoms with Gasteiger partial charge in [-0.15, -0.1) is 0 Å². The minimum Gasteiger partial charge on any atom is -0.465 e. The quantitative estimate of drug-likeness (QED) is 0.161. The molecule has 0 N–H and O–H groups in total. The monoisotopic (exact) mass is 1520 g/mol. The highest BCUT2D eigenvalue weighted by atomic mass is 16.8. The maximum absolute atomic E-state index is 11.6. The SMILES string of the molecule is CC.CC.CC.CC.CC.CC.CC.CCC.CCC.CCC.O=C1CC2CCCC2O1.O=C1CC2OC3OCOC3C2O1.O=C1CC2OCCC2O1.O=C1OC2CC3CC(C2)CC1C3.O=C1OC2CC3CC2CC13.O=C1OCC2CCCC12.O=C1OCCC12CC1CCC2C1.O=C1OCCC12CCCCC2. The summed E-state index contributed by atoms with van der Waals surface area (Å²) in [4.78, 5) is 88.3. The molecule has 13 aliphatic heterocycles. The van der Waals surface area contributed by atoms with Crippen LogP contribution in [0.1, 0.15) is 344 Å². The van der Waals surface area contributed by atoms with Gasteiger partial charge in [-0.05, 0) is 164 Å². The van der Waals surface area contributed by atoms with Crippen LogP contribution in [0, 0.1) is 75.9 Å². The van der Waals surface area contributed by atoms with E-state index in [1.54, 1.807) is 0 Å². The van der Waals surface area contributed by atoms with Gasteiger partial charge in [-0.25, -0.2) is 0 Å². The van der Waals surface area contributed by atoms with Crippen LogP contribution in [0.15, 0.2) is 0 Å². The average molecular weight is 1520 g/mol. The Bertz CT molecular complexity index is 2450. The fraction of sp³-hybridized carbons (Fsp3) is 0.908. The summed E-state index contributed by atoms with van der Waals surface area (Å²) in [6.45, 7) is 43.8. The zero-order chi connectivity index (χ0) is 79.8. The lowest BCUT2D eigenvalue weighted by atomic mass is 9.68. The zero-order valence-electron chi connectivity index (χ0n) is 70.9. The second-order valence-corrected chi connectivity index (χ2v) is 30.3. The molecule has 0 aromatic rings. The Balaban J connectivity index is 0.000000306. The van der Waals surface area contributed by atoms with E-state index in [2.05, 4.69) is 41.5 Å². The van der Waals surface area contributed by atoms with Crippen molar-refractivity contribution in [3.05, 3.63) is 0 Å². The molecule has 0 radical (unpaired) electrons. The summed E-state index contributed by atoms with van der Waals surface area (Å²) in [5.41, 5.74) is -0.0266. The lowest BCUT2D eigenvalue weighted by Crippen LogP contribution is -2.39. The van der Waals surface area contributed by atoms with Crippen molar-refractivity contribution in [1.82, 2.24) is 0 Å². The summed E-state index contributed by atoms with van der Waals surface area (Å²) in [6, 6.07) is 0. The molecule has 622 valence electrons. The lowest BCUT2D eigenvalue weighted by molar-refractivity contribution is -0.169. The van der Waals surface area contributed by atoms with Crippen molar-refractivity contribution < 1.29 is 95.2 Å². The minimum absolute atomic E-state index is 0.00289. The van der Waals surface area contributed by atoms with Gasteiger partial charge in [0, 0.05) is 18.3 Å². The van der Waals surface area contributed by atoms with Gasteiger partial charge in [0.15, 0.2) is 25.3 Å². The summed E-state index contributed by atoms with van der Waals surface area (Å²) >= 11 is 0. The second-order valence-electron chi connectivity index (χ2n) is 30.3. The van der Waals surface area contributed by atoms with Crippen LogP contribution in [0.4, 0.5) is 0 Å². The predicted octanol–water partition coefficient (Wildman–Crippen LogP) is 19.3. The maximum atomic E-state index is 11.6. The average Bonchev–Trinajstić information content (AvgIpc) is 1.60. The highest BCUT2D eigenvalue weighted by molar-refractivity contribution is 5.80. The highest BCUT2D eigenvalue weighted by Gasteiger charge is 2.59. The first kappa shape index (κ1) is 96.8. The van der Waals surface area contributed by atoms with Crippen molar-refractivity contribution in [3.63, 3.8) is 0 Å². The number of carbonyl (C=O) groups is 8. The number of cyclic esters (lactones) is 3. The van der Waals surface area contributed by atoms with Crippen LogP contribution in [0.2, 0.25) is 0 Å². The summed E-state index contributed by atoms with van der Waals surface area (Å²) in [6.07, 6.45) is 35.7. The Hall–Kier alpha value is -4.40. The van der Waals surface area contributed by atoms with Gasteiger partial charge in [-0.3, -0.25) is 38.4 Å². The third-order valence-corrected chi connectivity index (χ3v) is 23.2. The molecule has 22 fully saturated rings. The number of rotatable bonds is 0. The van der Waals surface area contributed by atoms with E-state index in [4.69, 9.17) is 56.8 Å². The van der Waals surface area contributed by atoms with Crippen LogP contribution in [-0.4, -0.2) is 136 Å². The molecule has 19 atom stereocenters. The molecule has 2 spiro atoms. The smallest absolute Gasteiger partial charge is 0.312 e. The molecule has 0 aromatic heterocycles. The van der Waals surface area contributed by atoms with Gasteiger partial charge in [0.1, 0.15) is 36.6 Å². The normalized spacial score (nSPS) is 36.3. The van der Waals surface area contributed by atoms with Crippen molar-refractivity contribution in [3.8, 4) is 0 Å². The summed E-state index contributed by atoms with van der Waals surface area (Å²) < 4.78 is 61.5. The van der Waals surface area contributed by atoms with E-state index in [0.29, 0.717) is 80.9 Å². The third-order valence-electron chi connectivity index (χ3n) is 23.2. The highest BCUT2D eigenvalue weighted by Crippen LogP contribution is 2.60. The minimum atomic E-state index is -0.326. The summed E-state index contributed by atoms with van der Waals surface area (Å²) in [5, 5.41) is 0. The lowest BCUT2D eigenvalue weighted by Gasteiger charge is -2.35. The van der Waals surface area contributed by atoms with E-state index in [1.165, 1.54) is 103 Å². The Morgan fingerprint density at radius 3 is 1.49 bits per heavy atom. The van der Waals surface area contributed by atoms with Crippen molar-refractivity contribution in [2.24, 2.45) is 75.9 Å². The molecule has 20 nitrogen and oxygen atoms in total. The molecule has 9 saturated carbocycles. The fourth-order valence-corrected chi connectivity index (χ4v) is 18.9. The molecule has 19 unspecified atom stereocenters. The first-order valence-corrected chi connectivity index (χ1v) is 44.0. The molecule has 9 aliphatic carbocycles. The molecule has 20 heteroatoms. The van der Waals surface area contributed by atoms with Crippen LogP contribution in [0.3, 0.4) is 0 Å². The Kier molecular flexibility index (Phi) is 47.1. The van der Waals surface area contributed by atoms with Gasteiger partial charge in [-0.2, -0.15) is 0 Å². The van der Waals surface area contributed by atoms with Crippen LogP contribution >= 0.6 is 0 Å². The van der Waals surface area contributed by atoms with Gasteiger partial charge < -0.3 is 56.8 Å². The summed E-state index contributed by atoms with van der Waals surface area (Å²) in [5.74, 6) is 6.74. The fourth-order valence-electron chi connectivity index (χ4n) is 18.9. The van der Waals surface area contributed by atoms with Gasteiger partial charge in [0.25, 0.3) is 0 Å². The topological polar surface area (TPSA) is 247 Å². The molecule has 10 bridgehead atoms. The molecule has 0 aromatic carbocycles. The molecule has 22 rings (SSSR count). The molecule has 13 saturated heterocycles. The number of hydrogen-bond acceptors (Lipinski definition) is 20. The molecule has 13 heterocycles. The molecule has 107 heavy (non-hydrogen) atoms. The molecule has 22 aliphatic rings. The van der Waals surface area contributed by atoms with Gasteiger partial charge in [0.05, 0.1) is 74.3 Å². The van der Waals surface area contributed by atoms with Crippen LogP contribution < -0.4 is 0 Å². The number of esters is 8. The van der Waals surface area contributed by atoms with Gasteiger partial charge in [0.2, 0.25) is 0 Å². The molecular formula is C87H154O20. The van der Waals surface area contributed by atoms with E-state index in [0.717, 1.165) is 114 Å². The number of ether oxygens (including phenoxy) is 12. The van der Waals surface area contributed by atoms with Crippen LogP contribution in [0.5, 0.6) is 0 Å². The zero-order valence-corrected chi connectivity index (χ0v) is 70.9. The van der Waals surface area contributed by atoms with Gasteiger partial charge in [-0.1, -0.05) is 190 Å². The summed E-state index contributed by atoms with van der Waals surface area (Å²) in [7, 11) is 0. The number of carbonyl (C=O) groups excluding carboxylic acids is 8.